The average molecular weight is 433 g/mol. The van der Waals surface area contributed by atoms with Gasteiger partial charge in [0.2, 0.25) is 5.28 Å². The van der Waals surface area contributed by atoms with Crippen molar-refractivity contribution in [2.45, 2.75) is 32.7 Å². The van der Waals surface area contributed by atoms with Gasteiger partial charge in [0, 0.05) is 45.8 Å². The van der Waals surface area contributed by atoms with Crippen LogP contribution in [-0.2, 0) is 6.54 Å². The number of nitrogens with zero attached hydrogens (tertiary/aromatic N) is 3. The number of carbonyl (C=O) groups is 1. The molecule has 8 heteroatoms. The van der Waals surface area contributed by atoms with E-state index in [1.165, 1.54) is 5.56 Å². The van der Waals surface area contributed by atoms with Crippen molar-refractivity contribution in [3.05, 3.63) is 46.9 Å². The average Bonchev–Trinajstić information content (AvgIpc) is 3.14. The highest BCUT2D eigenvalue weighted by atomic mass is 35.5. The molecule has 1 amide bonds. The lowest BCUT2D eigenvalue weighted by Gasteiger charge is -2.34. The van der Waals surface area contributed by atoms with Gasteiger partial charge < -0.3 is 20.5 Å². The Kier molecular flexibility index (Phi) is 8.99. The fourth-order valence-electron chi connectivity index (χ4n) is 3.63. The number of aromatic amines is 1. The number of hydrogen-bond donors (Lipinski definition) is 3. The Balaban J connectivity index is 1.33. The number of unbranched alkanes of at least 4 members (excludes halogenated alkanes) is 1. The van der Waals surface area contributed by atoms with Gasteiger partial charge in [-0.05, 0) is 36.6 Å². The zero-order chi connectivity index (χ0) is 21.2. The first kappa shape index (κ1) is 22.6. The summed E-state index contributed by atoms with van der Waals surface area (Å²) in [6.07, 6.45) is 3.02. The molecule has 164 valence electrons. The number of halogens is 1. The van der Waals surface area contributed by atoms with Crippen LogP contribution in [0.25, 0.3) is 0 Å². The summed E-state index contributed by atoms with van der Waals surface area (Å²) in [7, 11) is 0. The maximum absolute atomic E-state index is 12.5. The van der Waals surface area contributed by atoms with Gasteiger partial charge in [0.05, 0.1) is 0 Å². The predicted octanol–water partition coefficient (Wildman–Crippen LogP) is 3.21. The molecular formula is C22H33ClN6O. The van der Waals surface area contributed by atoms with Crippen LogP contribution in [0, 0.1) is 0 Å². The second-order valence-electron chi connectivity index (χ2n) is 7.74. The van der Waals surface area contributed by atoms with E-state index in [9.17, 15) is 4.79 Å². The molecule has 7 nitrogen and oxygen atoms in total. The molecule has 1 aromatic carbocycles. The van der Waals surface area contributed by atoms with Gasteiger partial charge in [0.15, 0.2) is 5.82 Å². The van der Waals surface area contributed by atoms with Gasteiger partial charge in [-0.2, -0.15) is 0 Å². The first-order valence-electron chi connectivity index (χ1n) is 10.9. The van der Waals surface area contributed by atoms with Crippen LogP contribution in [0.5, 0.6) is 0 Å². The molecule has 2 aromatic rings. The molecule has 0 aliphatic carbocycles. The summed E-state index contributed by atoms with van der Waals surface area (Å²) in [5.41, 5.74) is 1.78. The van der Waals surface area contributed by atoms with E-state index in [1.54, 1.807) is 0 Å². The van der Waals surface area contributed by atoms with Crippen molar-refractivity contribution >= 4 is 23.3 Å². The fourth-order valence-corrected chi connectivity index (χ4v) is 3.80. The Morgan fingerprint density at radius 1 is 1.10 bits per heavy atom. The van der Waals surface area contributed by atoms with E-state index >= 15 is 0 Å². The van der Waals surface area contributed by atoms with Crippen molar-refractivity contribution in [2.24, 2.45) is 0 Å². The van der Waals surface area contributed by atoms with Gasteiger partial charge in [-0.3, -0.25) is 9.69 Å². The number of hydrogen-bond acceptors (Lipinski definition) is 5. The number of piperazine rings is 1. The van der Waals surface area contributed by atoms with Gasteiger partial charge in [0.25, 0.3) is 5.91 Å². The molecule has 0 bridgehead atoms. The first-order valence-corrected chi connectivity index (χ1v) is 11.3. The number of H-pyrrole nitrogens is 1. The van der Waals surface area contributed by atoms with E-state index < -0.39 is 0 Å². The molecule has 1 saturated heterocycles. The van der Waals surface area contributed by atoms with Crippen molar-refractivity contribution in [3.8, 4) is 0 Å². The van der Waals surface area contributed by atoms with Gasteiger partial charge in [0.1, 0.15) is 5.69 Å². The van der Waals surface area contributed by atoms with Crippen molar-refractivity contribution in [3.63, 3.8) is 0 Å². The van der Waals surface area contributed by atoms with Crippen LogP contribution < -0.4 is 10.6 Å². The number of anilines is 1. The normalized spacial score (nSPS) is 15.3. The van der Waals surface area contributed by atoms with E-state index in [-0.39, 0.29) is 11.2 Å². The second kappa shape index (κ2) is 11.9. The third-order valence-electron chi connectivity index (χ3n) is 5.38. The molecule has 1 aliphatic heterocycles. The molecular weight excluding hydrogens is 400 g/mol. The topological polar surface area (TPSA) is 76.3 Å². The van der Waals surface area contributed by atoms with Gasteiger partial charge >= 0.3 is 0 Å². The number of benzene rings is 1. The SMILES string of the molecule is CCCCNc1nc(Cl)[nH]c1C(=O)NCCCN1CCN(Cc2ccccc2)CC1. The lowest BCUT2D eigenvalue weighted by molar-refractivity contribution is 0.0943. The molecule has 2 heterocycles. The maximum Gasteiger partial charge on any atom is 0.271 e. The molecule has 1 fully saturated rings. The second-order valence-corrected chi connectivity index (χ2v) is 8.10. The molecule has 0 radical (unpaired) electrons. The molecule has 1 aliphatic rings. The number of amides is 1. The van der Waals surface area contributed by atoms with Crippen LogP contribution in [0.4, 0.5) is 5.82 Å². The van der Waals surface area contributed by atoms with Crippen LogP contribution in [0.3, 0.4) is 0 Å². The third kappa shape index (κ3) is 7.00. The van der Waals surface area contributed by atoms with Crippen LogP contribution in [0.2, 0.25) is 5.28 Å². The van der Waals surface area contributed by atoms with Crippen LogP contribution in [-0.4, -0.2) is 71.5 Å². The monoisotopic (exact) mass is 432 g/mol. The molecule has 0 unspecified atom stereocenters. The Morgan fingerprint density at radius 2 is 1.83 bits per heavy atom. The quantitative estimate of drug-likeness (QED) is 0.475. The molecule has 1 aromatic heterocycles. The minimum absolute atomic E-state index is 0.166. The van der Waals surface area contributed by atoms with Gasteiger partial charge in [-0.1, -0.05) is 43.7 Å². The first-order chi connectivity index (χ1) is 14.7. The summed E-state index contributed by atoms with van der Waals surface area (Å²) in [4.78, 5) is 24.5. The highest BCUT2D eigenvalue weighted by Crippen LogP contribution is 2.16. The zero-order valence-corrected chi connectivity index (χ0v) is 18.5. The third-order valence-corrected chi connectivity index (χ3v) is 5.55. The Hall–Kier alpha value is -2.09. The number of nitrogens with one attached hydrogen (secondary N) is 3. The Labute approximate surface area is 184 Å². The van der Waals surface area contributed by atoms with E-state index in [4.69, 9.17) is 11.6 Å². The lowest BCUT2D eigenvalue weighted by atomic mass is 10.2. The zero-order valence-electron chi connectivity index (χ0n) is 17.8. The van der Waals surface area contributed by atoms with Crippen molar-refractivity contribution in [2.75, 3.05) is 51.1 Å². The molecule has 0 saturated carbocycles. The van der Waals surface area contributed by atoms with Crippen molar-refractivity contribution < 1.29 is 4.79 Å². The predicted molar refractivity (Wildman–Crippen MR) is 122 cm³/mol. The van der Waals surface area contributed by atoms with Crippen molar-refractivity contribution in [1.29, 1.82) is 0 Å². The molecule has 3 rings (SSSR count). The standard InChI is InChI=1S/C22H33ClN6O/c1-2-3-10-24-20-19(26-22(23)27-20)21(30)25-11-7-12-28-13-15-29(16-14-28)17-18-8-5-4-6-9-18/h4-6,8-9,24H,2-3,7,10-17H2,1H3,(H,25,30)(H,26,27). The van der Waals surface area contributed by atoms with E-state index in [2.05, 4.69) is 67.7 Å². The van der Waals surface area contributed by atoms with E-state index in [1.807, 2.05) is 0 Å². The minimum atomic E-state index is -0.166. The molecule has 0 atom stereocenters. The summed E-state index contributed by atoms with van der Waals surface area (Å²) < 4.78 is 0. The van der Waals surface area contributed by atoms with Gasteiger partial charge in [-0.15, -0.1) is 0 Å². The number of rotatable bonds is 11. The molecule has 30 heavy (non-hydrogen) atoms. The van der Waals surface area contributed by atoms with Crippen LogP contribution in [0.15, 0.2) is 30.3 Å². The minimum Gasteiger partial charge on any atom is -0.368 e. The highest BCUT2D eigenvalue weighted by molar-refractivity contribution is 6.28. The fraction of sp³-hybridized carbons (Fsp3) is 0.545. The van der Waals surface area contributed by atoms with E-state index in [0.717, 1.165) is 65.1 Å². The van der Waals surface area contributed by atoms with Crippen LogP contribution in [0.1, 0.15) is 42.2 Å². The smallest absolute Gasteiger partial charge is 0.271 e. The summed E-state index contributed by atoms with van der Waals surface area (Å²) in [5.74, 6) is 0.363. The van der Waals surface area contributed by atoms with Crippen molar-refractivity contribution in [1.82, 2.24) is 25.1 Å². The molecule has 3 N–H and O–H groups in total. The highest BCUT2D eigenvalue weighted by Gasteiger charge is 2.18. The molecule has 0 spiro atoms. The van der Waals surface area contributed by atoms with Crippen LogP contribution >= 0.6 is 11.6 Å². The summed E-state index contributed by atoms with van der Waals surface area (Å²) in [5, 5.41) is 6.39. The number of imidazole rings is 1. The lowest BCUT2D eigenvalue weighted by Crippen LogP contribution is -2.46. The summed E-state index contributed by atoms with van der Waals surface area (Å²) >= 11 is 5.95. The number of aromatic nitrogens is 2. The maximum atomic E-state index is 12.5. The number of carbonyl (C=O) groups excluding carboxylic acids is 1. The summed E-state index contributed by atoms with van der Waals surface area (Å²) in [6.45, 7) is 9.85. The van der Waals surface area contributed by atoms with Gasteiger partial charge in [-0.25, -0.2) is 4.98 Å². The Bertz CT molecular complexity index is 773. The van der Waals surface area contributed by atoms with E-state index in [0.29, 0.717) is 18.1 Å². The largest absolute Gasteiger partial charge is 0.368 e. The Morgan fingerprint density at radius 3 is 2.57 bits per heavy atom. The summed E-state index contributed by atoms with van der Waals surface area (Å²) in [6, 6.07) is 10.6.